The zero-order valence-electron chi connectivity index (χ0n) is 13.4. The van der Waals surface area contributed by atoms with Gasteiger partial charge < -0.3 is 4.57 Å². The third-order valence-electron chi connectivity index (χ3n) is 4.32. The van der Waals surface area contributed by atoms with Crippen LogP contribution in [-0.2, 0) is 6.54 Å². The Morgan fingerprint density at radius 1 is 1.32 bits per heavy atom. The highest BCUT2D eigenvalue weighted by Gasteiger charge is 2.20. The van der Waals surface area contributed by atoms with Gasteiger partial charge in [-0.3, -0.25) is 4.90 Å². The minimum absolute atomic E-state index is 0.743. The average molecular weight is 295 g/mol. The van der Waals surface area contributed by atoms with E-state index in [9.17, 15) is 0 Å². The Hall–Kier alpha value is -1.87. The number of hydrogen-bond acceptors (Lipinski definition) is 2. The highest BCUT2D eigenvalue weighted by atomic mass is 15.1. The van der Waals surface area contributed by atoms with Gasteiger partial charge in [-0.1, -0.05) is 42.0 Å². The van der Waals surface area contributed by atoms with Crippen molar-refractivity contribution in [2.75, 3.05) is 19.6 Å². The second-order valence-corrected chi connectivity index (χ2v) is 6.40. The van der Waals surface area contributed by atoms with Gasteiger partial charge in [-0.15, -0.1) is 0 Å². The molecule has 1 aromatic carbocycles. The van der Waals surface area contributed by atoms with E-state index in [1.165, 1.54) is 37.1 Å². The van der Waals surface area contributed by atoms with Crippen molar-refractivity contribution in [1.29, 1.82) is 0 Å². The zero-order chi connectivity index (χ0) is 15.2. The topological polar surface area (TPSA) is 21.1 Å². The Morgan fingerprint density at radius 2 is 2.18 bits per heavy atom. The van der Waals surface area contributed by atoms with E-state index in [0.29, 0.717) is 0 Å². The summed E-state index contributed by atoms with van der Waals surface area (Å²) >= 11 is 0. The van der Waals surface area contributed by atoms with Crippen LogP contribution in [0.5, 0.6) is 0 Å². The molecular weight excluding hydrogens is 270 g/mol. The van der Waals surface area contributed by atoms with Crippen molar-refractivity contribution < 1.29 is 0 Å². The van der Waals surface area contributed by atoms with Gasteiger partial charge in [-0.25, -0.2) is 4.98 Å². The lowest BCUT2D eigenvalue weighted by atomic mass is 9.97. The normalized spacial score (nSPS) is 20.2. The molecule has 3 heteroatoms. The number of benzene rings is 1. The summed E-state index contributed by atoms with van der Waals surface area (Å²) in [4.78, 5) is 6.74. The van der Waals surface area contributed by atoms with Gasteiger partial charge in [-0.2, -0.15) is 0 Å². The zero-order valence-corrected chi connectivity index (χ0v) is 13.4. The first kappa shape index (κ1) is 15.0. The third kappa shape index (κ3) is 4.31. The van der Waals surface area contributed by atoms with Crippen LogP contribution in [0.2, 0.25) is 0 Å². The van der Waals surface area contributed by atoms with Crippen LogP contribution < -0.4 is 0 Å². The molecule has 0 radical (unpaired) electrons. The predicted molar refractivity (Wildman–Crippen MR) is 91.5 cm³/mol. The maximum absolute atomic E-state index is 4.14. The molecule has 3 rings (SSSR count). The second kappa shape index (κ2) is 7.41. The van der Waals surface area contributed by atoms with Gasteiger partial charge >= 0.3 is 0 Å². The molecular formula is C19H25N3. The SMILES string of the molecule is C/C(=C\c1ccccc1)CN1CCCC(Cn2ccnc2)C1. The highest BCUT2D eigenvalue weighted by molar-refractivity contribution is 5.52. The van der Waals surface area contributed by atoms with Crippen LogP contribution in [0.25, 0.3) is 6.08 Å². The van der Waals surface area contributed by atoms with Gasteiger partial charge in [0.25, 0.3) is 0 Å². The van der Waals surface area contributed by atoms with Crippen molar-refractivity contribution in [3.05, 3.63) is 60.2 Å². The minimum atomic E-state index is 0.743. The van der Waals surface area contributed by atoms with Crippen LogP contribution in [0.4, 0.5) is 0 Å². The van der Waals surface area contributed by atoms with E-state index < -0.39 is 0 Å². The van der Waals surface area contributed by atoms with Crippen LogP contribution in [0.3, 0.4) is 0 Å². The molecule has 1 saturated heterocycles. The molecule has 2 aromatic rings. The first-order valence-electron chi connectivity index (χ1n) is 8.20. The van der Waals surface area contributed by atoms with Gasteiger partial charge in [0.15, 0.2) is 0 Å². The lowest BCUT2D eigenvalue weighted by Gasteiger charge is -2.33. The number of imidazole rings is 1. The maximum atomic E-state index is 4.14. The number of likely N-dealkylation sites (tertiary alicyclic amines) is 1. The van der Waals surface area contributed by atoms with Crippen LogP contribution >= 0.6 is 0 Å². The van der Waals surface area contributed by atoms with Gasteiger partial charge in [0.1, 0.15) is 0 Å². The molecule has 22 heavy (non-hydrogen) atoms. The summed E-state index contributed by atoms with van der Waals surface area (Å²) in [5, 5.41) is 0. The second-order valence-electron chi connectivity index (χ2n) is 6.40. The number of hydrogen-bond donors (Lipinski definition) is 0. The molecule has 0 aliphatic carbocycles. The van der Waals surface area contributed by atoms with Gasteiger partial charge in [0.05, 0.1) is 6.33 Å². The molecule has 0 spiro atoms. The van der Waals surface area contributed by atoms with E-state index in [4.69, 9.17) is 0 Å². The molecule has 1 aliphatic rings. The first-order valence-corrected chi connectivity index (χ1v) is 8.20. The molecule has 1 aliphatic heterocycles. The molecule has 0 bridgehead atoms. The van der Waals surface area contributed by atoms with E-state index in [2.05, 4.69) is 64.0 Å². The summed E-state index contributed by atoms with van der Waals surface area (Å²) in [6.07, 6.45) is 10.8. The lowest BCUT2D eigenvalue weighted by molar-refractivity contribution is 0.174. The van der Waals surface area contributed by atoms with E-state index in [0.717, 1.165) is 19.0 Å². The molecule has 116 valence electrons. The Kier molecular flexibility index (Phi) is 5.07. The van der Waals surface area contributed by atoms with Crippen molar-refractivity contribution in [3.8, 4) is 0 Å². The Morgan fingerprint density at radius 3 is 2.95 bits per heavy atom. The number of rotatable bonds is 5. The van der Waals surface area contributed by atoms with Crippen molar-refractivity contribution >= 4 is 6.08 Å². The van der Waals surface area contributed by atoms with Crippen LogP contribution in [0.1, 0.15) is 25.3 Å². The summed E-state index contributed by atoms with van der Waals surface area (Å²) < 4.78 is 2.21. The highest BCUT2D eigenvalue weighted by Crippen LogP contribution is 2.19. The standard InChI is InChI=1S/C19H25N3/c1-17(12-18-6-3-2-4-7-18)13-21-10-5-8-19(14-21)15-22-11-9-20-16-22/h2-4,6-7,9,11-12,16,19H,5,8,10,13-15H2,1H3/b17-12+. The molecule has 0 amide bonds. The summed E-state index contributed by atoms with van der Waals surface area (Å²) in [5.74, 6) is 0.743. The third-order valence-corrected chi connectivity index (χ3v) is 4.32. The fraction of sp³-hybridized carbons (Fsp3) is 0.421. The monoisotopic (exact) mass is 295 g/mol. The van der Waals surface area contributed by atoms with E-state index in [1.807, 2.05) is 12.5 Å². The van der Waals surface area contributed by atoms with E-state index in [1.54, 1.807) is 0 Å². The molecule has 1 atom stereocenters. The first-order chi connectivity index (χ1) is 10.8. The van der Waals surface area contributed by atoms with Crippen molar-refractivity contribution in [2.45, 2.75) is 26.3 Å². The smallest absolute Gasteiger partial charge is 0.0946 e. The summed E-state index contributed by atoms with van der Waals surface area (Å²) in [6, 6.07) is 10.6. The molecule has 0 N–H and O–H groups in total. The summed E-state index contributed by atoms with van der Waals surface area (Å²) in [7, 11) is 0. The largest absolute Gasteiger partial charge is 0.337 e. The summed E-state index contributed by atoms with van der Waals surface area (Å²) in [6.45, 7) is 6.83. The van der Waals surface area contributed by atoms with Gasteiger partial charge in [0.2, 0.25) is 0 Å². The Labute approximate surface area is 133 Å². The molecule has 1 aromatic heterocycles. The molecule has 1 unspecified atom stereocenters. The molecule has 2 heterocycles. The fourth-order valence-corrected chi connectivity index (χ4v) is 3.37. The van der Waals surface area contributed by atoms with Crippen molar-refractivity contribution in [2.24, 2.45) is 5.92 Å². The maximum Gasteiger partial charge on any atom is 0.0946 e. The van der Waals surface area contributed by atoms with Gasteiger partial charge in [0, 0.05) is 32.0 Å². The van der Waals surface area contributed by atoms with Crippen molar-refractivity contribution in [1.82, 2.24) is 14.5 Å². The fourth-order valence-electron chi connectivity index (χ4n) is 3.37. The quantitative estimate of drug-likeness (QED) is 0.838. The molecule has 3 nitrogen and oxygen atoms in total. The minimum Gasteiger partial charge on any atom is -0.337 e. The lowest BCUT2D eigenvalue weighted by Crippen LogP contribution is -2.37. The predicted octanol–water partition coefficient (Wildman–Crippen LogP) is 3.70. The Bertz CT molecular complexity index is 586. The molecule has 0 saturated carbocycles. The number of aromatic nitrogens is 2. The van der Waals surface area contributed by atoms with Crippen LogP contribution in [0.15, 0.2) is 54.6 Å². The summed E-state index contributed by atoms with van der Waals surface area (Å²) in [5.41, 5.74) is 2.74. The van der Waals surface area contributed by atoms with E-state index in [-0.39, 0.29) is 0 Å². The van der Waals surface area contributed by atoms with Crippen molar-refractivity contribution in [3.63, 3.8) is 0 Å². The number of piperidine rings is 1. The van der Waals surface area contributed by atoms with Crippen LogP contribution in [-0.4, -0.2) is 34.1 Å². The van der Waals surface area contributed by atoms with E-state index >= 15 is 0 Å². The van der Waals surface area contributed by atoms with Crippen LogP contribution in [0, 0.1) is 5.92 Å². The number of nitrogens with zero attached hydrogens (tertiary/aromatic N) is 3. The molecule has 1 fully saturated rings. The Balaban J connectivity index is 1.54. The average Bonchev–Trinajstić information content (AvgIpc) is 3.01. The van der Waals surface area contributed by atoms with Gasteiger partial charge in [-0.05, 0) is 37.8 Å².